The molecule has 114 valence electrons. The minimum absolute atomic E-state index is 0.866. The highest BCUT2D eigenvalue weighted by Crippen LogP contribution is 2.11. The van der Waals surface area contributed by atoms with Gasteiger partial charge in [-0.2, -0.15) is 5.10 Å². The van der Waals surface area contributed by atoms with E-state index in [9.17, 15) is 0 Å². The molecule has 21 heavy (non-hydrogen) atoms. The van der Waals surface area contributed by atoms with Crippen LogP contribution in [0.2, 0.25) is 0 Å². The standard InChI is InChI=1S/C18H27N3/c1-4-10-19-13-15-8-7-9-16(11-15)14-21-18(6-3)12-17(5-2)20-21/h7-9,11-12,19H,4-6,10,13-14H2,1-3H3. The fourth-order valence-corrected chi connectivity index (χ4v) is 2.53. The monoisotopic (exact) mass is 285 g/mol. The predicted octanol–water partition coefficient (Wildman–Crippen LogP) is 3.56. The summed E-state index contributed by atoms with van der Waals surface area (Å²) in [6, 6.07) is 11.0. The Morgan fingerprint density at radius 2 is 1.86 bits per heavy atom. The van der Waals surface area contributed by atoms with Crippen LogP contribution in [0.1, 0.15) is 49.7 Å². The Morgan fingerprint density at radius 3 is 2.57 bits per heavy atom. The number of rotatable bonds is 8. The van der Waals surface area contributed by atoms with E-state index in [4.69, 9.17) is 5.10 Å². The molecule has 0 fully saturated rings. The zero-order valence-electron chi connectivity index (χ0n) is 13.5. The van der Waals surface area contributed by atoms with Crippen molar-refractivity contribution in [2.24, 2.45) is 0 Å². The first-order valence-corrected chi connectivity index (χ1v) is 8.10. The number of nitrogens with one attached hydrogen (secondary N) is 1. The molecule has 0 saturated heterocycles. The molecule has 1 aromatic carbocycles. The highest BCUT2D eigenvalue weighted by molar-refractivity contribution is 5.24. The average Bonchev–Trinajstić information content (AvgIpc) is 2.90. The molecule has 0 radical (unpaired) electrons. The van der Waals surface area contributed by atoms with Crippen LogP contribution in [0.15, 0.2) is 30.3 Å². The van der Waals surface area contributed by atoms with E-state index in [0.29, 0.717) is 0 Å². The fraction of sp³-hybridized carbons (Fsp3) is 0.500. The van der Waals surface area contributed by atoms with E-state index in [1.807, 2.05) is 0 Å². The van der Waals surface area contributed by atoms with Crippen LogP contribution in [-0.4, -0.2) is 16.3 Å². The van der Waals surface area contributed by atoms with Crippen molar-refractivity contribution in [2.45, 2.75) is 53.1 Å². The van der Waals surface area contributed by atoms with Gasteiger partial charge >= 0.3 is 0 Å². The van der Waals surface area contributed by atoms with Crippen molar-refractivity contribution in [3.8, 4) is 0 Å². The first-order chi connectivity index (χ1) is 10.3. The third-order valence-corrected chi connectivity index (χ3v) is 3.72. The molecule has 2 rings (SSSR count). The van der Waals surface area contributed by atoms with Gasteiger partial charge in [0.15, 0.2) is 0 Å². The van der Waals surface area contributed by atoms with Crippen LogP contribution in [-0.2, 0) is 25.9 Å². The molecule has 0 amide bonds. The zero-order valence-corrected chi connectivity index (χ0v) is 13.5. The van der Waals surface area contributed by atoms with Crippen LogP contribution in [0.25, 0.3) is 0 Å². The first kappa shape index (κ1) is 15.8. The van der Waals surface area contributed by atoms with Crippen LogP contribution < -0.4 is 5.32 Å². The number of nitrogens with zero attached hydrogens (tertiary/aromatic N) is 2. The summed E-state index contributed by atoms with van der Waals surface area (Å²) < 4.78 is 2.15. The van der Waals surface area contributed by atoms with Crippen molar-refractivity contribution in [3.63, 3.8) is 0 Å². The Labute approximate surface area is 128 Å². The molecule has 3 heteroatoms. The van der Waals surface area contributed by atoms with Gasteiger partial charge in [0.1, 0.15) is 0 Å². The smallest absolute Gasteiger partial charge is 0.0662 e. The Bertz CT molecular complexity index is 557. The molecular formula is C18H27N3. The van der Waals surface area contributed by atoms with Gasteiger partial charge < -0.3 is 5.32 Å². The molecule has 0 atom stereocenters. The summed E-state index contributed by atoms with van der Waals surface area (Å²) in [5, 5.41) is 8.16. The van der Waals surface area contributed by atoms with Gasteiger partial charge in [-0.3, -0.25) is 4.68 Å². The van der Waals surface area contributed by atoms with Crippen molar-refractivity contribution in [2.75, 3.05) is 6.54 Å². The van der Waals surface area contributed by atoms with Crippen LogP contribution in [0, 0.1) is 0 Å². The van der Waals surface area contributed by atoms with Gasteiger partial charge in [0.25, 0.3) is 0 Å². The lowest BCUT2D eigenvalue weighted by Gasteiger charge is -2.09. The van der Waals surface area contributed by atoms with Gasteiger partial charge in [-0.1, -0.05) is 45.0 Å². The summed E-state index contributed by atoms with van der Waals surface area (Å²) in [5.41, 5.74) is 5.18. The number of hydrogen-bond acceptors (Lipinski definition) is 2. The molecule has 0 aliphatic carbocycles. The van der Waals surface area contributed by atoms with Crippen molar-refractivity contribution in [1.82, 2.24) is 15.1 Å². The van der Waals surface area contributed by atoms with E-state index in [1.165, 1.54) is 28.9 Å². The van der Waals surface area contributed by atoms with Gasteiger partial charge in [0, 0.05) is 12.2 Å². The summed E-state index contributed by atoms with van der Waals surface area (Å²) in [7, 11) is 0. The van der Waals surface area contributed by atoms with Crippen LogP contribution in [0.5, 0.6) is 0 Å². The summed E-state index contributed by atoms with van der Waals surface area (Å²) in [5.74, 6) is 0. The SMILES string of the molecule is CCCNCc1cccc(Cn2nc(CC)cc2CC)c1. The fourth-order valence-electron chi connectivity index (χ4n) is 2.53. The number of hydrogen-bond donors (Lipinski definition) is 1. The lowest BCUT2D eigenvalue weighted by Crippen LogP contribution is -2.14. The van der Waals surface area contributed by atoms with E-state index >= 15 is 0 Å². The molecule has 0 spiro atoms. The summed E-state index contributed by atoms with van der Waals surface area (Å²) in [4.78, 5) is 0. The Balaban J connectivity index is 2.08. The van der Waals surface area contributed by atoms with E-state index in [0.717, 1.165) is 32.5 Å². The van der Waals surface area contributed by atoms with Crippen LogP contribution in [0.4, 0.5) is 0 Å². The maximum atomic E-state index is 4.70. The maximum absolute atomic E-state index is 4.70. The quantitative estimate of drug-likeness (QED) is 0.752. The maximum Gasteiger partial charge on any atom is 0.0662 e. The lowest BCUT2D eigenvalue weighted by atomic mass is 10.1. The van der Waals surface area contributed by atoms with Crippen LogP contribution in [0.3, 0.4) is 0 Å². The second-order valence-corrected chi connectivity index (χ2v) is 5.49. The minimum atomic E-state index is 0.866. The van der Waals surface area contributed by atoms with Gasteiger partial charge in [-0.15, -0.1) is 0 Å². The van der Waals surface area contributed by atoms with Crippen molar-refractivity contribution < 1.29 is 0 Å². The first-order valence-electron chi connectivity index (χ1n) is 8.10. The molecule has 1 N–H and O–H groups in total. The lowest BCUT2D eigenvalue weighted by molar-refractivity contribution is 0.637. The average molecular weight is 285 g/mol. The number of aromatic nitrogens is 2. The molecule has 1 aromatic heterocycles. The molecular weight excluding hydrogens is 258 g/mol. The van der Waals surface area contributed by atoms with E-state index in [-0.39, 0.29) is 0 Å². The van der Waals surface area contributed by atoms with Crippen molar-refractivity contribution in [3.05, 3.63) is 52.8 Å². The van der Waals surface area contributed by atoms with Gasteiger partial charge in [-0.25, -0.2) is 0 Å². The molecule has 0 unspecified atom stereocenters. The molecule has 1 heterocycles. The second-order valence-electron chi connectivity index (χ2n) is 5.49. The van der Waals surface area contributed by atoms with E-state index < -0.39 is 0 Å². The summed E-state index contributed by atoms with van der Waals surface area (Å²) in [6.45, 7) is 9.43. The molecule has 3 nitrogen and oxygen atoms in total. The molecule has 2 aromatic rings. The Hall–Kier alpha value is -1.61. The molecule has 0 saturated carbocycles. The third kappa shape index (κ3) is 4.43. The summed E-state index contributed by atoms with van der Waals surface area (Å²) in [6.07, 6.45) is 3.21. The van der Waals surface area contributed by atoms with Gasteiger partial charge in [-0.05, 0) is 43.0 Å². The Morgan fingerprint density at radius 1 is 1.05 bits per heavy atom. The minimum Gasteiger partial charge on any atom is -0.313 e. The van der Waals surface area contributed by atoms with Crippen molar-refractivity contribution >= 4 is 0 Å². The highest BCUT2D eigenvalue weighted by Gasteiger charge is 2.06. The third-order valence-electron chi connectivity index (χ3n) is 3.72. The topological polar surface area (TPSA) is 29.9 Å². The van der Waals surface area contributed by atoms with E-state index in [1.54, 1.807) is 0 Å². The second kappa shape index (κ2) is 7.99. The highest BCUT2D eigenvalue weighted by atomic mass is 15.3. The van der Waals surface area contributed by atoms with E-state index in [2.05, 4.69) is 61.1 Å². The largest absolute Gasteiger partial charge is 0.313 e. The number of aryl methyl sites for hydroxylation is 2. The Kier molecular flexibility index (Phi) is 6.00. The molecule has 0 aliphatic rings. The number of benzene rings is 1. The van der Waals surface area contributed by atoms with Gasteiger partial charge in [0.2, 0.25) is 0 Å². The molecule has 0 aliphatic heterocycles. The van der Waals surface area contributed by atoms with Crippen molar-refractivity contribution in [1.29, 1.82) is 0 Å². The predicted molar refractivity (Wildman–Crippen MR) is 88.5 cm³/mol. The summed E-state index contributed by atoms with van der Waals surface area (Å²) >= 11 is 0. The van der Waals surface area contributed by atoms with Gasteiger partial charge in [0.05, 0.1) is 12.2 Å². The molecule has 0 bridgehead atoms. The zero-order chi connectivity index (χ0) is 15.1. The normalized spacial score (nSPS) is 11.0. The van der Waals surface area contributed by atoms with Crippen LogP contribution >= 0.6 is 0 Å².